The summed E-state index contributed by atoms with van der Waals surface area (Å²) in [5, 5.41) is 28.1. The fourth-order valence-electron chi connectivity index (χ4n) is 1.43. The summed E-state index contributed by atoms with van der Waals surface area (Å²) >= 11 is 0. The summed E-state index contributed by atoms with van der Waals surface area (Å²) in [6.07, 6.45) is 3.87. The van der Waals surface area contributed by atoms with E-state index in [0.717, 1.165) is 6.08 Å². The van der Waals surface area contributed by atoms with Crippen LogP contribution in [0.15, 0.2) is 64.5 Å². The molecular formula is C12H11N3O3. The molecule has 0 amide bonds. The van der Waals surface area contributed by atoms with Crippen molar-refractivity contribution in [3.8, 4) is 0 Å². The van der Waals surface area contributed by atoms with E-state index < -0.39 is 10.6 Å². The van der Waals surface area contributed by atoms with Gasteiger partial charge in [0.15, 0.2) is 0 Å². The van der Waals surface area contributed by atoms with Crippen LogP contribution in [0.3, 0.4) is 0 Å². The Balaban J connectivity index is 2.07. The fraction of sp³-hybridized carbons (Fsp3) is 0.167. The van der Waals surface area contributed by atoms with Crippen molar-refractivity contribution in [1.29, 1.82) is 0 Å². The molecule has 1 aliphatic rings. The van der Waals surface area contributed by atoms with Gasteiger partial charge in [-0.25, -0.2) is 0 Å². The van der Waals surface area contributed by atoms with E-state index in [1.165, 1.54) is 12.2 Å². The standard InChI is InChI=1S/C12H11N3O3/c16-12(15(17)18)8-6-11(7-9-12)14-13-10-4-2-1-3-5-10/h1-8,16H,9H2/t12-/m0/s1. The van der Waals surface area contributed by atoms with E-state index in [-0.39, 0.29) is 6.42 Å². The zero-order valence-corrected chi connectivity index (χ0v) is 9.43. The van der Waals surface area contributed by atoms with Crippen molar-refractivity contribution in [2.75, 3.05) is 0 Å². The van der Waals surface area contributed by atoms with Crippen LogP contribution >= 0.6 is 0 Å². The second kappa shape index (κ2) is 4.89. The minimum Gasteiger partial charge on any atom is -0.327 e. The second-order valence-corrected chi connectivity index (χ2v) is 3.84. The number of hydrogen-bond acceptors (Lipinski definition) is 5. The maximum Gasteiger partial charge on any atom is 0.345 e. The lowest BCUT2D eigenvalue weighted by Crippen LogP contribution is -2.36. The summed E-state index contributed by atoms with van der Waals surface area (Å²) in [5.41, 5.74) is -0.835. The Morgan fingerprint density at radius 3 is 2.56 bits per heavy atom. The molecule has 92 valence electrons. The summed E-state index contributed by atoms with van der Waals surface area (Å²) in [7, 11) is 0. The molecule has 0 radical (unpaired) electrons. The number of aliphatic hydroxyl groups is 1. The Morgan fingerprint density at radius 2 is 2.00 bits per heavy atom. The van der Waals surface area contributed by atoms with E-state index in [0.29, 0.717) is 11.4 Å². The molecule has 0 aromatic heterocycles. The SMILES string of the molecule is O=[N+]([O-])[C@]1(O)C=CC(N=Nc2ccccc2)=CC1. The summed E-state index contributed by atoms with van der Waals surface area (Å²) in [4.78, 5) is 9.85. The highest BCUT2D eigenvalue weighted by molar-refractivity contribution is 5.35. The number of allylic oxidation sites excluding steroid dienone is 1. The van der Waals surface area contributed by atoms with Gasteiger partial charge in [-0.3, -0.25) is 10.1 Å². The van der Waals surface area contributed by atoms with Gasteiger partial charge in [0.1, 0.15) is 0 Å². The minimum absolute atomic E-state index is 0.111. The summed E-state index contributed by atoms with van der Waals surface area (Å²) < 4.78 is 0. The van der Waals surface area contributed by atoms with Crippen LogP contribution in [0.2, 0.25) is 0 Å². The van der Waals surface area contributed by atoms with E-state index in [9.17, 15) is 15.2 Å². The second-order valence-electron chi connectivity index (χ2n) is 3.84. The molecule has 1 aliphatic carbocycles. The number of benzene rings is 1. The van der Waals surface area contributed by atoms with Crippen molar-refractivity contribution in [3.05, 3.63) is 64.4 Å². The summed E-state index contributed by atoms with van der Waals surface area (Å²) in [6.45, 7) is 0. The Bertz CT molecular complexity index is 537. The number of hydrogen-bond donors (Lipinski definition) is 1. The average molecular weight is 245 g/mol. The highest BCUT2D eigenvalue weighted by Gasteiger charge is 2.37. The number of azo groups is 1. The van der Waals surface area contributed by atoms with Gasteiger partial charge < -0.3 is 5.11 Å². The molecule has 0 spiro atoms. The Morgan fingerprint density at radius 1 is 1.28 bits per heavy atom. The maximum absolute atomic E-state index is 10.6. The van der Waals surface area contributed by atoms with Gasteiger partial charge in [-0.1, -0.05) is 18.2 Å². The molecule has 1 N–H and O–H groups in total. The monoisotopic (exact) mass is 245 g/mol. The van der Waals surface area contributed by atoms with Gasteiger partial charge in [-0.15, -0.1) is 0 Å². The van der Waals surface area contributed by atoms with Gasteiger partial charge >= 0.3 is 5.72 Å². The molecule has 0 bridgehead atoms. The van der Waals surface area contributed by atoms with E-state index in [1.54, 1.807) is 12.1 Å². The van der Waals surface area contributed by atoms with Crippen LogP contribution < -0.4 is 0 Å². The summed E-state index contributed by atoms with van der Waals surface area (Å²) in [6, 6.07) is 9.14. The Kier molecular flexibility index (Phi) is 3.29. The van der Waals surface area contributed by atoms with Crippen molar-refractivity contribution < 1.29 is 10.0 Å². The fourth-order valence-corrected chi connectivity index (χ4v) is 1.43. The zero-order chi connectivity index (χ0) is 13.0. The van der Waals surface area contributed by atoms with E-state index in [4.69, 9.17) is 0 Å². The molecule has 1 aromatic rings. The molecule has 0 saturated carbocycles. The molecule has 1 aromatic carbocycles. The molecule has 1 atom stereocenters. The first-order valence-corrected chi connectivity index (χ1v) is 5.33. The van der Waals surface area contributed by atoms with Crippen molar-refractivity contribution in [2.45, 2.75) is 12.1 Å². The van der Waals surface area contributed by atoms with Crippen molar-refractivity contribution >= 4 is 5.69 Å². The third kappa shape index (κ3) is 2.67. The maximum atomic E-state index is 10.6. The molecular weight excluding hydrogens is 234 g/mol. The average Bonchev–Trinajstić information content (AvgIpc) is 2.39. The molecule has 18 heavy (non-hydrogen) atoms. The number of rotatable bonds is 3. The van der Waals surface area contributed by atoms with Crippen LogP contribution in [0.1, 0.15) is 6.42 Å². The lowest BCUT2D eigenvalue weighted by atomic mass is 10.0. The zero-order valence-electron chi connectivity index (χ0n) is 9.43. The van der Waals surface area contributed by atoms with E-state index in [1.807, 2.05) is 18.2 Å². The van der Waals surface area contributed by atoms with Crippen LogP contribution in [-0.4, -0.2) is 15.8 Å². The van der Waals surface area contributed by atoms with Crippen LogP contribution in [0.4, 0.5) is 5.69 Å². The first kappa shape index (κ1) is 12.1. The molecule has 0 saturated heterocycles. The number of nitrogens with zero attached hydrogens (tertiary/aromatic N) is 3. The van der Waals surface area contributed by atoms with Crippen molar-refractivity contribution in [3.63, 3.8) is 0 Å². The van der Waals surface area contributed by atoms with Crippen LogP contribution in [0.25, 0.3) is 0 Å². The topological polar surface area (TPSA) is 88.1 Å². The quantitative estimate of drug-likeness (QED) is 0.384. The molecule has 2 rings (SSSR count). The molecule has 0 heterocycles. The third-order valence-corrected chi connectivity index (χ3v) is 2.49. The Hall–Kier alpha value is -2.34. The highest BCUT2D eigenvalue weighted by atomic mass is 16.7. The van der Waals surface area contributed by atoms with Crippen LogP contribution in [-0.2, 0) is 0 Å². The molecule has 0 aliphatic heterocycles. The van der Waals surface area contributed by atoms with E-state index in [2.05, 4.69) is 10.2 Å². The third-order valence-electron chi connectivity index (χ3n) is 2.49. The first-order chi connectivity index (χ1) is 8.60. The molecule has 0 unspecified atom stereocenters. The van der Waals surface area contributed by atoms with E-state index >= 15 is 0 Å². The van der Waals surface area contributed by atoms with Gasteiger partial charge in [-0.2, -0.15) is 10.2 Å². The van der Waals surface area contributed by atoms with Gasteiger partial charge in [-0.05, 0) is 24.3 Å². The van der Waals surface area contributed by atoms with Crippen LogP contribution in [0, 0.1) is 10.1 Å². The van der Waals surface area contributed by atoms with Gasteiger partial charge in [0, 0.05) is 6.08 Å². The Labute approximate surface area is 103 Å². The molecule has 6 heteroatoms. The lowest BCUT2D eigenvalue weighted by molar-refractivity contribution is -0.607. The summed E-state index contributed by atoms with van der Waals surface area (Å²) in [5.74, 6) is 0. The predicted octanol–water partition coefficient (Wildman–Crippen LogP) is 2.58. The van der Waals surface area contributed by atoms with Crippen LogP contribution in [0.5, 0.6) is 0 Å². The largest absolute Gasteiger partial charge is 0.345 e. The lowest BCUT2D eigenvalue weighted by Gasteiger charge is -2.15. The normalized spacial score (nSPS) is 23.1. The highest BCUT2D eigenvalue weighted by Crippen LogP contribution is 2.23. The first-order valence-electron chi connectivity index (χ1n) is 5.33. The smallest absolute Gasteiger partial charge is 0.327 e. The molecule has 6 nitrogen and oxygen atoms in total. The van der Waals surface area contributed by atoms with Crippen molar-refractivity contribution in [2.24, 2.45) is 10.2 Å². The minimum atomic E-state index is -2.02. The predicted molar refractivity (Wildman–Crippen MR) is 64.7 cm³/mol. The van der Waals surface area contributed by atoms with Gasteiger partial charge in [0.05, 0.1) is 22.7 Å². The van der Waals surface area contributed by atoms with Gasteiger partial charge in [0.2, 0.25) is 0 Å². The molecule has 0 fully saturated rings. The van der Waals surface area contributed by atoms with Gasteiger partial charge in [0.25, 0.3) is 0 Å². The van der Waals surface area contributed by atoms with Crippen molar-refractivity contribution in [1.82, 2.24) is 0 Å². The number of nitro groups is 1.